The molecule has 74 valence electrons. The highest BCUT2D eigenvalue weighted by atomic mass is 16.5. The van der Waals surface area contributed by atoms with Crippen LogP contribution in [0.3, 0.4) is 0 Å². The third-order valence-electron chi connectivity index (χ3n) is 1.51. The number of nitrogen functional groups attached to an aromatic ring is 1. The lowest BCUT2D eigenvalue weighted by Gasteiger charge is -2.06. The standard InChI is InChI=1S/C9H10N2O3/c1-6(13)11-7-2-3-8(10)9(4-7)14-5-12/h2-5H,10H2,1H3,(H,11,13). The van der Waals surface area contributed by atoms with Crippen LogP contribution in [0.2, 0.25) is 0 Å². The molecule has 1 rings (SSSR count). The average molecular weight is 194 g/mol. The number of benzene rings is 1. The molecule has 0 aromatic heterocycles. The van der Waals surface area contributed by atoms with Gasteiger partial charge in [-0.25, -0.2) is 0 Å². The molecule has 0 saturated heterocycles. The fourth-order valence-corrected chi connectivity index (χ4v) is 0.969. The first-order valence-corrected chi connectivity index (χ1v) is 3.91. The Bertz CT molecular complexity index is 363. The van der Waals surface area contributed by atoms with Crippen molar-refractivity contribution in [2.75, 3.05) is 11.1 Å². The maximum Gasteiger partial charge on any atom is 0.298 e. The lowest BCUT2D eigenvalue weighted by Crippen LogP contribution is -2.06. The van der Waals surface area contributed by atoms with Crippen molar-refractivity contribution in [1.29, 1.82) is 0 Å². The number of anilines is 2. The van der Waals surface area contributed by atoms with E-state index in [0.29, 0.717) is 11.4 Å². The van der Waals surface area contributed by atoms with Gasteiger partial charge in [-0.1, -0.05) is 0 Å². The Balaban J connectivity index is 2.93. The zero-order chi connectivity index (χ0) is 10.6. The van der Waals surface area contributed by atoms with Crippen molar-refractivity contribution in [3.63, 3.8) is 0 Å². The maximum absolute atomic E-state index is 10.7. The Hall–Kier alpha value is -2.04. The van der Waals surface area contributed by atoms with Crippen molar-refractivity contribution in [2.24, 2.45) is 0 Å². The van der Waals surface area contributed by atoms with Gasteiger partial charge in [0.25, 0.3) is 6.47 Å². The first-order chi connectivity index (χ1) is 6.63. The molecule has 1 amide bonds. The minimum absolute atomic E-state index is 0.202. The van der Waals surface area contributed by atoms with Gasteiger partial charge in [-0.3, -0.25) is 9.59 Å². The summed E-state index contributed by atoms with van der Waals surface area (Å²) in [5.74, 6) is 0.0260. The number of amides is 1. The zero-order valence-electron chi connectivity index (χ0n) is 7.61. The van der Waals surface area contributed by atoms with E-state index in [0.717, 1.165) is 0 Å². The van der Waals surface area contributed by atoms with Gasteiger partial charge in [0, 0.05) is 18.7 Å². The van der Waals surface area contributed by atoms with Crippen LogP contribution in [0.1, 0.15) is 6.92 Å². The van der Waals surface area contributed by atoms with E-state index in [1.807, 2.05) is 0 Å². The Kier molecular flexibility index (Phi) is 3.06. The number of hydrogen-bond donors (Lipinski definition) is 2. The normalized spacial score (nSPS) is 9.21. The summed E-state index contributed by atoms with van der Waals surface area (Å²) in [6, 6.07) is 4.64. The number of carbonyl (C=O) groups excluding carboxylic acids is 2. The van der Waals surface area contributed by atoms with E-state index in [1.165, 1.54) is 13.0 Å². The fraction of sp³-hybridized carbons (Fsp3) is 0.111. The highest BCUT2D eigenvalue weighted by Crippen LogP contribution is 2.24. The predicted molar refractivity (Wildman–Crippen MR) is 51.9 cm³/mol. The summed E-state index contributed by atoms with van der Waals surface area (Å²) in [4.78, 5) is 20.8. The van der Waals surface area contributed by atoms with Crippen molar-refractivity contribution in [3.8, 4) is 5.75 Å². The first kappa shape index (κ1) is 10.0. The Morgan fingerprint density at radius 2 is 2.29 bits per heavy atom. The van der Waals surface area contributed by atoms with Crippen molar-refractivity contribution in [3.05, 3.63) is 18.2 Å². The van der Waals surface area contributed by atoms with Gasteiger partial charge in [0.05, 0.1) is 5.69 Å². The molecule has 0 radical (unpaired) electrons. The van der Waals surface area contributed by atoms with E-state index >= 15 is 0 Å². The molecule has 0 atom stereocenters. The van der Waals surface area contributed by atoms with Gasteiger partial charge in [0.2, 0.25) is 5.91 Å². The molecular formula is C9H10N2O3. The molecule has 0 unspecified atom stereocenters. The average Bonchev–Trinajstić information content (AvgIpc) is 2.10. The van der Waals surface area contributed by atoms with Crippen LogP contribution in [0, 0.1) is 0 Å². The van der Waals surface area contributed by atoms with E-state index in [2.05, 4.69) is 10.1 Å². The van der Waals surface area contributed by atoms with Crippen LogP contribution in [-0.2, 0) is 9.59 Å². The van der Waals surface area contributed by atoms with Gasteiger partial charge in [-0.2, -0.15) is 0 Å². The molecule has 3 N–H and O–H groups in total. The molecule has 0 aliphatic rings. The molecule has 0 aliphatic carbocycles. The van der Waals surface area contributed by atoms with Crippen molar-refractivity contribution in [2.45, 2.75) is 6.92 Å². The number of rotatable bonds is 3. The number of hydrogen-bond acceptors (Lipinski definition) is 4. The second kappa shape index (κ2) is 4.27. The van der Waals surface area contributed by atoms with Crippen LogP contribution in [0.4, 0.5) is 11.4 Å². The molecule has 0 spiro atoms. The largest absolute Gasteiger partial charge is 0.426 e. The van der Waals surface area contributed by atoms with Crippen LogP contribution in [0.5, 0.6) is 5.75 Å². The van der Waals surface area contributed by atoms with Gasteiger partial charge in [-0.05, 0) is 12.1 Å². The summed E-state index contributed by atoms with van der Waals surface area (Å²) < 4.78 is 4.60. The fourth-order valence-electron chi connectivity index (χ4n) is 0.969. The van der Waals surface area contributed by atoms with Gasteiger partial charge < -0.3 is 15.8 Å². The number of nitrogens with two attached hydrogens (primary N) is 1. The number of carbonyl (C=O) groups is 2. The monoisotopic (exact) mass is 194 g/mol. The minimum Gasteiger partial charge on any atom is -0.426 e. The minimum atomic E-state index is -0.202. The lowest BCUT2D eigenvalue weighted by atomic mass is 10.2. The van der Waals surface area contributed by atoms with E-state index in [1.54, 1.807) is 12.1 Å². The molecule has 0 aliphatic heterocycles. The third kappa shape index (κ3) is 2.48. The van der Waals surface area contributed by atoms with Gasteiger partial charge in [0.1, 0.15) is 0 Å². The van der Waals surface area contributed by atoms with Crippen LogP contribution >= 0.6 is 0 Å². The van der Waals surface area contributed by atoms with E-state index in [-0.39, 0.29) is 18.1 Å². The molecule has 5 heteroatoms. The van der Waals surface area contributed by atoms with Crippen molar-refractivity contribution < 1.29 is 14.3 Å². The second-order valence-electron chi connectivity index (χ2n) is 2.65. The molecule has 1 aromatic rings. The molecule has 0 heterocycles. The highest BCUT2D eigenvalue weighted by Gasteiger charge is 2.02. The van der Waals surface area contributed by atoms with E-state index in [4.69, 9.17) is 5.73 Å². The van der Waals surface area contributed by atoms with Crippen molar-refractivity contribution in [1.82, 2.24) is 0 Å². The number of ether oxygens (including phenoxy) is 1. The Morgan fingerprint density at radius 1 is 1.57 bits per heavy atom. The maximum atomic E-state index is 10.7. The molecule has 0 fully saturated rings. The first-order valence-electron chi connectivity index (χ1n) is 3.91. The molecule has 14 heavy (non-hydrogen) atoms. The zero-order valence-corrected chi connectivity index (χ0v) is 7.61. The topological polar surface area (TPSA) is 81.4 Å². The molecule has 1 aromatic carbocycles. The van der Waals surface area contributed by atoms with E-state index < -0.39 is 0 Å². The van der Waals surface area contributed by atoms with Gasteiger partial charge in [0.15, 0.2) is 5.75 Å². The Morgan fingerprint density at radius 3 is 2.86 bits per heavy atom. The summed E-state index contributed by atoms with van der Waals surface area (Å²) in [6.45, 7) is 1.67. The molecular weight excluding hydrogens is 184 g/mol. The second-order valence-corrected chi connectivity index (χ2v) is 2.65. The van der Waals surface area contributed by atoms with Crippen LogP contribution in [0.25, 0.3) is 0 Å². The van der Waals surface area contributed by atoms with Gasteiger partial charge in [-0.15, -0.1) is 0 Å². The quantitative estimate of drug-likeness (QED) is 0.549. The number of nitrogens with one attached hydrogen (secondary N) is 1. The van der Waals surface area contributed by atoms with Crippen LogP contribution in [0.15, 0.2) is 18.2 Å². The summed E-state index contributed by atoms with van der Waals surface area (Å²) in [5.41, 5.74) is 6.38. The Labute approximate surface area is 80.9 Å². The van der Waals surface area contributed by atoms with Gasteiger partial charge >= 0.3 is 0 Å². The van der Waals surface area contributed by atoms with Crippen LogP contribution in [-0.4, -0.2) is 12.4 Å². The molecule has 0 saturated carbocycles. The van der Waals surface area contributed by atoms with E-state index in [9.17, 15) is 9.59 Å². The predicted octanol–water partition coefficient (Wildman–Crippen LogP) is 0.762. The summed E-state index contributed by atoms with van der Waals surface area (Å²) in [7, 11) is 0. The smallest absolute Gasteiger partial charge is 0.298 e. The highest BCUT2D eigenvalue weighted by molar-refractivity contribution is 5.89. The SMILES string of the molecule is CC(=O)Nc1ccc(N)c(OC=O)c1. The molecule has 0 bridgehead atoms. The summed E-state index contributed by atoms with van der Waals surface area (Å²) in [5, 5.41) is 2.54. The van der Waals surface area contributed by atoms with Crippen LogP contribution < -0.4 is 15.8 Å². The van der Waals surface area contributed by atoms with Crippen molar-refractivity contribution >= 4 is 23.8 Å². The third-order valence-corrected chi connectivity index (χ3v) is 1.51. The molecule has 5 nitrogen and oxygen atoms in total. The lowest BCUT2D eigenvalue weighted by molar-refractivity contribution is -0.120. The summed E-state index contributed by atoms with van der Waals surface area (Å²) in [6.07, 6.45) is 0. The summed E-state index contributed by atoms with van der Waals surface area (Å²) >= 11 is 0.